The first-order chi connectivity index (χ1) is 15.3. The Kier molecular flexibility index (Phi) is 6.39. The predicted octanol–water partition coefficient (Wildman–Crippen LogP) is 4.41. The highest BCUT2D eigenvalue weighted by Gasteiger charge is 2.21. The summed E-state index contributed by atoms with van der Waals surface area (Å²) in [5.74, 6) is 0.321. The van der Waals surface area contributed by atoms with Gasteiger partial charge in [0, 0.05) is 18.1 Å². The Hall–Kier alpha value is -3.03. The second kappa shape index (κ2) is 9.22. The number of ether oxygens (including phenoxy) is 1. The maximum absolute atomic E-state index is 12.6. The lowest BCUT2D eigenvalue weighted by molar-refractivity contribution is -0.134. The van der Waals surface area contributed by atoms with Crippen molar-refractivity contribution in [1.82, 2.24) is 4.90 Å². The molecule has 1 aliphatic rings. The topological polar surface area (TPSA) is 75.7 Å². The minimum absolute atomic E-state index is 0.0838. The first kappa shape index (κ1) is 22.2. The van der Waals surface area contributed by atoms with Crippen LogP contribution in [0.4, 0.5) is 5.69 Å². The van der Waals surface area contributed by atoms with E-state index in [0.29, 0.717) is 29.5 Å². The molecular weight excluding hydrogens is 448 g/mol. The molecule has 0 saturated carbocycles. The largest absolute Gasteiger partial charge is 0.484 e. The smallest absolute Gasteiger partial charge is 0.261 e. The molecule has 3 aromatic carbocycles. The summed E-state index contributed by atoms with van der Waals surface area (Å²) in [6.07, 6.45) is 0.827. The Bertz CT molecular complexity index is 1240. The van der Waals surface area contributed by atoms with Crippen molar-refractivity contribution >= 4 is 33.2 Å². The number of nitrogens with one attached hydrogen (secondary N) is 1. The van der Waals surface area contributed by atoms with Crippen molar-refractivity contribution in [1.29, 1.82) is 0 Å². The first-order valence-electron chi connectivity index (χ1n) is 10.2. The summed E-state index contributed by atoms with van der Waals surface area (Å²) < 4.78 is 33.4. The number of nitrogens with zero attached hydrogens (tertiary/aromatic N) is 1. The molecule has 166 valence electrons. The summed E-state index contributed by atoms with van der Waals surface area (Å²) in [6, 6.07) is 19.0. The number of amides is 1. The van der Waals surface area contributed by atoms with Crippen LogP contribution in [-0.4, -0.2) is 32.4 Å². The summed E-state index contributed by atoms with van der Waals surface area (Å²) in [7, 11) is -3.78. The van der Waals surface area contributed by atoms with Gasteiger partial charge in [-0.3, -0.25) is 9.52 Å². The van der Waals surface area contributed by atoms with Crippen molar-refractivity contribution < 1.29 is 17.9 Å². The van der Waals surface area contributed by atoms with Crippen molar-refractivity contribution in [2.75, 3.05) is 17.9 Å². The fourth-order valence-electron chi connectivity index (χ4n) is 3.53. The van der Waals surface area contributed by atoms with Crippen LogP contribution in [0.25, 0.3) is 0 Å². The Labute approximate surface area is 192 Å². The van der Waals surface area contributed by atoms with Crippen LogP contribution in [0.3, 0.4) is 0 Å². The van der Waals surface area contributed by atoms with Crippen LogP contribution in [-0.2, 0) is 27.8 Å². The van der Waals surface area contributed by atoms with E-state index >= 15 is 0 Å². The molecule has 0 fully saturated rings. The zero-order valence-electron chi connectivity index (χ0n) is 17.5. The normalized spacial score (nSPS) is 13.4. The Balaban J connectivity index is 1.35. The number of aryl methyl sites for hydroxylation is 1. The first-order valence-corrected chi connectivity index (χ1v) is 12.0. The van der Waals surface area contributed by atoms with Gasteiger partial charge in [0.05, 0.1) is 10.6 Å². The summed E-state index contributed by atoms with van der Waals surface area (Å²) >= 11 is 6.07. The van der Waals surface area contributed by atoms with Gasteiger partial charge < -0.3 is 9.64 Å². The summed E-state index contributed by atoms with van der Waals surface area (Å²) in [5.41, 5.74) is 3.67. The molecule has 0 aromatic heterocycles. The van der Waals surface area contributed by atoms with Gasteiger partial charge in [-0.15, -0.1) is 0 Å². The van der Waals surface area contributed by atoms with Crippen LogP contribution in [0.1, 0.15) is 16.7 Å². The summed E-state index contributed by atoms with van der Waals surface area (Å²) in [6.45, 7) is 2.97. The van der Waals surface area contributed by atoms with Crippen molar-refractivity contribution in [2.45, 2.75) is 24.8 Å². The summed E-state index contributed by atoms with van der Waals surface area (Å²) in [5, 5.41) is 0.482. The third-order valence-electron chi connectivity index (χ3n) is 5.40. The van der Waals surface area contributed by atoms with E-state index in [1.54, 1.807) is 23.1 Å². The number of rotatable bonds is 6. The fourth-order valence-corrected chi connectivity index (χ4v) is 4.76. The summed E-state index contributed by atoms with van der Waals surface area (Å²) in [4.78, 5) is 14.4. The number of benzene rings is 3. The highest BCUT2D eigenvalue weighted by molar-refractivity contribution is 7.92. The maximum atomic E-state index is 12.6. The number of hydrogen-bond acceptors (Lipinski definition) is 4. The molecule has 6 nitrogen and oxygen atoms in total. The van der Waals surface area contributed by atoms with Gasteiger partial charge in [0.25, 0.3) is 15.9 Å². The molecule has 3 aromatic rings. The van der Waals surface area contributed by atoms with E-state index in [1.807, 2.05) is 25.1 Å². The van der Waals surface area contributed by atoms with Gasteiger partial charge in [0.15, 0.2) is 6.61 Å². The van der Waals surface area contributed by atoms with Gasteiger partial charge in [-0.25, -0.2) is 8.42 Å². The quantitative estimate of drug-likeness (QED) is 0.579. The zero-order chi connectivity index (χ0) is 22.7. The van der Waals surface area contributed by atoms with Crippen molar-refractivity contribution in [2.24, 2.45) is 0 Å². The molecule has 1 heterocycles. The number of fused-ring (bicyclic) bond motifs is 1. The van der Waals surface area contributed by atoms with Crippen LogP contribution >= 0.6 is 11.6 Å². The third kappa shape index (κ3) is 5.06. The number of carbonyl (C=O) groups is 1. The molecule has 1 aliphatic heterocycles. The predicted molar refractivity (Wildman–Crippen MR) is 124 cm³/mol. The molecule has 0 radical (unpaired) electrons. The molecule has 0 saturated heterocycles. The van der Waals surface area contributed by atoms with Crippen LogP contribution in [0.15, 0.2) is 71.6 Å². The zero-order valence-corrected chi connectivity index (χ0v) is 19.1. The van der Waals surface area contributed by atoms with E-state index in [4.69, 9.17) is 16.3 Å². The number of sulfonamides is 1. The van der Waals surface area contributed by atoms with Crippen LogP contribution in [0, 0.1) is 6.92 Å². The monoisotopic (exact) mass is 470 g/mol. The number of anilines is 1. The second-order valence-corrected chi connectivity index (χ2v) is 9.75. The molecule has 1 amide bonds. The average Bonchev–Trinajstić information content (AvgIpc) is 2.79. The van der Waals surface area contributed by atoms with Gasteiger partial charge in [-0.2, -0.15) is 0 Å². The van der Waals surface area contributed by atoms with Gasteiger partial charge in [-0.05, 0) is 66.4 Å². The molecule has 32 heavy (non-hydrogen) atoms. The molecule has 4 rings (SSSR count). The fraction of sp³-hybridized carbons (Fsp3) is 0.208. The Morgan fingerprint density at radius 2 is 1.78 bits per heavy atom. The Morgan fingerprint density at radius 3 is 2.50 bits per heavy atom. The molecule has 0 spiro atoms. The number of carbonyl (C=O) groups excluding carboxylic acids is 1. The van der Waals surface area contributed by atoms with Crippen LogP contribution in [0.2, 0.25) is 5.02 Å². The molecule has 8 heteroatoms. The molecule has 0 unspecified atom stereocenters. The van der Waals surface area contributed by atoms with Crippen molar-refractivity contribution in [3.05, 3.63) is 88.4 Å². The highest BCUT2D eigenvalue weighted by atomic mass is 35.5. The molecule has 1 N–H and O–H groups in total. The van der Waals surface area contributed by atoms with E-state index in [1.165, 1.54) is 29.8 Å². The van der Waals surface area contributed by atoms with E-state index < -0.39 is 10.0 Å². The number of hydrogen-bond donors (Lipinski definition) is 1. The van der Waals surface area contributed by atoms with Gasteiger partial charge in [-0.1, -0.05) is 41.9 Å². The van der Waals surface area contributed by atoms with Gasteiger partial charge in [0.1, 0.15) is 5.75 Å². The van der Waals surface area contributed by atoms with Gasteiger partial charge >= 0.3 is 0 Å². The molecule has 0 bridgehead atoms. The van der Waals surface area contributed by atoms with Crippen molar-refractivity contribution in [3.8, 4) is 5.75 Å². The van der Waals surface area contributed by atoms with Crippen molar-refractivity contribution in [3.63, 3.8) is 0 Å². The maximum Gasteiger partial charge on any atom is 0.261 e. The molecule has 0 atom stereocenters. The SMILES string of the molecule is Cc1ccc(NS(=O)(=O)c2ccc(OCC(=O)N3CCc4ccccc4C3)cc2)cc1Cl. The van der Waals surface area contributed by atoms with E-state index in [0.717, 1.165) is 17.5 Å². The average molecular weight is 471 g/mol. The lowest BCUT2D eigenvalue weighted by Crippen LogP contribution is -2.38. The van der Waals surface area contributed by atoms with E-state index in [-0.39, 0.29) is 17.4 Å². The lowest BCUT2D eigenvalue weighted by Gasteiger charge is -2.28. The standard InChI is InChI=1S/C24H23ClN2O4S/c1-17-6-7-20(14-23(17)25)26-32(29,30)22-10-8-21(9-11-22)31-16-24(28)27-13-12-18-4-2-3-5-19(18)15-27/h2-11,14,26H,12-13,15-16H2,1H3. The second-order valence-electron chi connectivity index (χ2n) is 7.66. The highest BCUT2D eigenvalue weighted by Crippen LogP contribution is 2.24. The Morgan fingerprint density at radius 1 is 1.06 bits per heavy atom. The minimum Gasteiger partial charge on any atom is -0.484 e. The van der Waals surface area contributed by atoms with Crippen LogP contribution in [0.5, 0.6) is 5.75 Å². The van der Waals surface area contributed by atoms with Crippen LogP contribution < -0.4 is 9.46 Å². The van der Waals surface area contributed by atoms with E-state index in [9.17, 15) is 13.2 Å². The lowest BCUT2D eigenvalue weighted by atomic mass is 10.00. The molecule has 0 aliphatic carbocycles. The number of halogens is 1. The molecular formula is C24H23ClN2O4S. The van der Waals surface area contributed by atoms with Gasteiger partial charge in [0.2, 0.25) is 0 Å². The third-order valence-corrected chi connectivity index (χ3v) is 7.21. The van der Waals surface area contributed by atoms with E-state index in [2.05, 4.69) is 10.8 Å². The minimum atomic E-state index is -3.78.